The standard InChI is InChI=1S/C17H22BrN3/c1-17(2)15-8-19-6-12(15)10-21(17)9-11-7-20-16-4-3-13(18)5-14(11)16/h3-5,7,12,15,19-20H,6,8-10H2,1-2H3. The average molecular weight is 348 g/mol. The number of aromatic nitrogens is 1. The van der Waals surface area contributed by atoms with Crippen molar-refractivity contribution in [1.29, 1.82) is 0 Å². The summed E-state index contributed by atoms with van der Waals surface area (Å²) in [5.74, 6) is 1.60. The van der Waals surface area contributed by atoms with Gasteiger partial charge in [-0.05, 0) is 56.0 Å². The van der Waals surface area contributed by atoms with Gasteiger partial charge in [0.25, 0.3) is 0 Å². The molecule has 2 aromatic rings. The van der Waals surface area contributed by atoms with Gasteiger partial charge in [-0.2, -0.15) is 0 Å². The Hall–Kier alpha value is -0.840. The second kappa shape index (κ2) is 4.83. The van der Waals surface area contributed by atoms with Crippen LogP contribution in [0.2, 0.25) is 0 Å². The zero-order chi connectivity index (χ0) is 14.6. The molecule has 112 valence electrons. The molecule has 2 N–H and O–H groups in total. The molecule has 4 heteroatoms. The van der Waals surface area contributed by atoms with E-state index in [9.17, 15) is 0 Å². The van der Waals surface area contributed by atoms with Crippen LogP contribution in [-0.2, 0) is 6.54 Å². The fraction of sp³-hybridized carbons (Fsp3) is 0.529. The van der Waals surface area contributed by atoms with Crippen molar-refractivity contribution in [3.63, 3.8) is 0 Å². The Morgan fingerprint density at radius 2 is 2.19 bits per heavy atom. The summed E-state index contributed by atoms with van der Waals surface area (Å²) in [5, 5.41) is 4.90. The molecule has 0 aliphatic carbocycles. The fourth-order valence-electron chi connectivity index (χ4n) is 4.26. The average Bonchev–Trinajstić information content (AvgIpc) is 3.10. The minimum Gasteiger partial charge on any atom is -0.361 e. The van der Waals surface area contributed by atoms with Crippen LogP contribution in [0.1, 0.15) is 19.4 Å². The molecule has 3 heterocycles. The highest BCUT2D eigenvalue weighted by molar-refractivity contribution is 9.10. The summed E-state index contributed by atoms with van der Waals surface area (Å²) in [6, 6.07) is 6.47. The Labute approximate surface area is 134 Å². The van der Waals surface area contributed by atoms with Crippen LogP contribution in [-0.4, -0.2) is 35.1 Å². The molecule has 21 heavy (non-hydrogen) atoms. The van der Waals surface area contributed by atoms with E-state index in [4.69, 9.17) is 0 Å². The third-order valence-electron chi connectivity index (χ3n) is 5.61. The number of rotatable bonds is 2. The topological polar surface area (TPSA) is 31.1 Å². The lowest BCUT2D eigenvalue weighted by Crippen LogP contribution is -2.43. The van der Waals surface area contributed by atoms with Gasteiger partial charge in [-0.3, -0.25) is 4.90 Å². The number of fused-ring (bicyclic) bond motifs is 2. The number of benzene rings is 1. The van der Waals surface area contributed by atoms with Crippen LogP contribution in [0.5, 0.6) is 0 Å². The van der Waals surface area contributed by atoms with Gasteiger partial charge in [0, 0.05) is 46.7 Å². The lowest BCUT2D eigenvalue weighted by Gasteiger charge is -2.35. The van der Waals surface area contributed by atoms with Gasteiger partial charge in [-0.1, -0.05) is 15.9 Å². The normalized spacial score (nSPS) is 28.3. The summed E-state index contributed by atoms with van der Waals surface area (Å²) < 4.78 is 1.15. The maximum Gasteiger partial charge on any atom is 0.0458 e. The van der Waals surface area contributed by atoms with Gasteiger partial charge in [0.15, 0.2) is 0 Å². The summed E-state index contributed by atoms with van der Waals surface area (Å²) in [5.41, 5.74) is 2.92. The second-order valence-electron chi connectivity index (χ2n) is 7.06. The lowest BCUT2D eigenvalue weighted by molar-refractivity contribution is 0.132. The first kappa shape index (κ1) is 13.8. The molecule has 2 fully saturated rings. The van der Waals surface area contributed by atoms with Crippen LogP contribution in [0.25, 0.3) is 10.9 Å². The molecule has 0 radical (unpaired) electrons. The molecule has 2 unspecified atom stereocenters. The molecule has 2 aliphatic rings. The number of H-pyrrole nitrogens is 1. The van der Waals surface area contributed by atoms with Crippen LogP contribution in [0.15, 0.2) is 28.9 Å². The number of aromatic amines is 1. The highest BCUT2D eigenvalue weighted by Gasteiger charge is 2.49. The largest absolute Gasteiger partial charge is 0.361 e. The van der Waals surface area contributed by atoms with E-state index in [1.807, 2.05) is 0 Å². The Morgan fingerprint density at radius 1 is 1.33 bits per heavy atom. The van der Waals surface area contributed by atoms with Crippen molar-refractivity contribution in [2.75, 3.05) is 19.6 Å². The summed E-state index contributed by atoms with van der Waals surface area (Å²) in [4.78, 5) is 6.08. The molecule has 2 atom stereocenters. The lowest BCUT2D eigenvalue weighted by atomic mass is 9.85. The van der Waals surface area contributed by atoms with Crippen LogP contribution >= 0.6 is 15.9 Å². The molecule has 4 rings (SSSR count). The van der Waals surface area contributed by atoms with Crippen molar-refractivity contribution in [3.8, 4) is 0 Å². The molecule has 2 aliphatic heterocycles. The molecule has 3 nitrogen and oxygen atoms in total. The Balaban J connectivity index is 1.64. The number of hydrogen-bond donors (Lipinski definition) is 2. The molecule has 0 amide bonds. The van der Waals surface area contributed by atoms with E-state index >= 15 is 0 Å². The zero-order valence-corrected chi connectivity index (χ0v) is 14.2. The number of nitrogens with zero attached hydrogens (tertiary/aromatic N) is 1. The first-order chi connectivity index (χ1) is 10.1. The summed E-state index contributed by atoms with van der Waals surface area (Å²) in [6.45, 7) is 9.43. The summed E-state index contributed by atoms with van der Waals surface area (Å²) >= 11 is 3.59. The molecular weight excluding hydrogens is 326 g/mol. The van der Waals surface area contributed by atoms with E-state index in [-0.39, 0.29) is 5.54 Å². The number of hydrogen-bond acceptors (Lipinski definition) is 2. The van der Waals surface area contributed by atoms with E-state index in [0.717, 1.165) is 22.9 Å². The van der Waals surface area contributed by atoms with E-state index in [1.54, 1.807) is 0 Å². The first-order valence-corrected chi connectivity index (χ1v) is 8.56. The second-order valence-corrected chi connectivity index (χ2v) is 7.98. The molecule has 0 saturated carbocycles. The van der Waals surface area contributed by atoms with Crippen molar-refractivity contribution < 1.29 is 0 Å². The molecule has 0 bridgehead atoms. The first-order valence-electron chi connectivity index (χ1n) is 7.77. The Bertz CT molecular complexity index is 676. The van der Waals surface area contributed by atoms with Crippen molar-refractivity contribution in [1.82, 2.24) is 15.2 Å². The smallest absolute Gasteiger partial charge is 0.0458 e. The fourth-order valence-corrected chi connectivity index (χ4v) is 4.62. The van der Waals surface area contributed by atoms with Crippen LogP contribution in [0, 0.1) is 11.8 Å². The molecule has 2 saturated heterocycles. The zero-order valence-electron chi connectivity index (χ0n) is 12.6. The van der Waals surface area contributed by atoms with Gasteiger partial charge in [-0.15, -0.1) is 0 Å². The third kappa shape index (κ3) is 2.16. The van der Waals surface area contributed by atoms with Crippen LogP contribution in [0.3, 0.4) is 0 Å². The Morgan fingerprint density at radius 3 is 3.00 bits per heavy atom. The van der Waals surface area contributed by atoms with Crippen molar-refractivity contribution in [3.05, 3.63) is 34.4 Å². The van der Waals surface area contributed by atoms with Gasteiger partial charge < -0.3 is 10.3 Å². The molecule has 1 aromatic carbocycles. The van der Waals surface area contributed by atoms with E-state index in [0.29, 0.717) is 0 Å². The minimum atomic E-state index is 0.282. The highest BCUT2D eigenvalue weighted by Crippen LogP contribution is 2.41. The van der Waals surface area contributed by atoms with Crippen molar-refractivity contribution in [2.24, 2.45) is 11.8 Å². The van der Waals surface area contributed by atoms with Gasteiger partial charge in [0.2, 0.25) is 0 Å². The summed E-state index contributed by atoms with van der Waals surface area (Å²) in [6.07, 6.45) is 2.18. The highest BCUT2D eigenvalue weighted by atomic mass is 79.9. The number of nitrogens with one attached hydrogen (secondary N) is 2. The van der Waals surface area contributed by atoms with Crippen molar-refractivity contribution in [2.45, 2.75) is 25.9 Å². The summed E-state index contributed by atoms with van der Waals surface area (Å²) in [7, 11) is 0. The van der Waals surface area contributed by atoms with E-state index < -0.39 is 0 Å². The van der Waals surface area contributed by atoms with Gasteiger partial charge >= 0.3 is 0 Å². The van der Waals surface area contributed by atoms with Crippen LogP contribution < -0.4 is 5.32 Å². The van der Waals surface area contributed by atoms with Gasteiger partial charge in [0.05, 0.1) is 0 Å². The predicted molar refractivity (Wildman–Crippen MR) is 90.3 cm³/mol. The van der Waals surface area contributed by atoms with E-state index in [2.05, 4.69) is 69.4 Å². The molecular formula is C17H22BrN3. The minimum absolute atomic E-state index is 0.282. The van der Waals surface area contributed by atoms with Crippen LogP contribution in [0.4, 0.5) is 0 Å². The maximum absolute atomic E-state index is 3.59. The molecule has 0 spiro atoms. The van der Waals surface area contributed by atoms with Crippen molar-refractivity contribution >= 4 is 26.8 Å². The molecule has 1 aromatic heterocycles. The Kier molecular flexibility index (Phi) is 3.18. The predicted octanol–water partition coefficient (Wildman–Crippen LogP) is 3.36. The van der Waals surface area contributed by atoms with E-state index in [1.165, 1.54) is 36.1 Å². The van der Waals surface area contributed by atoms with Gasteiger partial charge in [-0.25, -0.2) is 0 Å². The maximum atomic E-state index is 3.59. The quantitative estimate of drug-likeness (QED) is 0.872. The number of halogens is 1. The van der Waals surface area contributed by atoms with Gasteiger partial charge in [0.1, 0.15) is 0 Å². The third-order valence-corrected chi connectivity index (χ3v) is 6.10. The SMILES string of the molecule is CC1(C)C2CNCC2CN1Cc1c[nH]c2ccc(Br)cc12. The number of likely N-dealkylation sites (tertiary alicyclic amines) is 1. The monoisotopic (exact) mass is 347 g/mol.